The van der Waals surface area contributed by atoms with Crippen LogP contribution in [0.15, 0.2) is 12.1 Å². The van der Waals surface area contributed by atoms with E-state index in [0.29, 0.717) is 18.4 Å². The van der Waals surface area contributed by atoms with Crippen molar-refractivity contribution in [2.75, 3.05) is 6.67 Å². The van der Waals surface area contributed by atoms with Gasteiger partial charge in [-0.05, 0) is 30.9 Å². The van der Waals surface area contributed by atoms with Crippen LogP contribution < -0.4 is 0 Å². The first-order valence-corrected chi connectivity index (χ1v) is 9.41. The first-order chi connectivity index (χ1) is 12.1. The fraction of sp³-hybridized carbons (Fsp3) is 0.650. The third-order valence-electron chi connectivity index (χ3n) is 4.54. The molecule has 1 aromatic carbocycles. The van der Waals surface area contributed by atoms with Crippen molar-refractivity contribution in [3.63, 3.8) is 0 Å². The Labute approximate surface area is 149 Å². The molecule has 0 amide bonds. The van der Waals surface area contributed by atoms with Crippen LogP contribution >= 0.6 is 0 Å². The summed E-state index contributed by atoms with van der Waals surface area (Å²) in [6.07, 6.45) is 12.5. The van der Waals surface area contributed by atoms with E-state index in [0.717, 1.165) is 32.1 Å². The molecule has 0 aromatic heterocycles. The van der Waals surface area contributed by atoms with Gasteiger partial charge in [-0.1, -0.05) is 63.9 Å². The first-order valence-electron chi connectivity index (χ1n) is 9.41. The number of unbranched alkanes of at least 4 members (excludes halogenated alkanes) is 10. The number of carboxylic acids is 1. The Kier molecular flexibility index (Phi) is 10.7. The number of phenols is 2. The van der Waals surface area contributed by atoms with Gasteiger partial charge in [0.2, 0.25) is 0 Å². The molecule has 0 aliphatic heterocycles. The summed E-state index contributed by atoms with van der Waals surface area (Å²) in [6.45, 7) is -0.197. The predicted octanol–water partition coefficient (Wildman–Crippen LogP) is 5.60. The van der Waals surface area contributed by atoms with Crippen LogP contribution in [0.1, 0.15) is 86.6 Å². The summed E-state index contributed by atoms with van der Waals surface area (Å²) in [7, 11) is 0. The Morgan fingerprint density at radius 1 is 0.800 bits per heavy atom. The SMILES string of the molecule is O=C(O)c1c(CCCCCCCCCCCCCF)ccc(O)c1O. The maximum absolute atomic E-state index is 11.9. The van der Waals surface area contributed by atoms with Crippen LogP contribution in [-0.2, 0) is 6.42 Å². The van der Waals surface area contributed by atoms with Crippen molar-refractivity contribution < 1.29 is 24.5 Å². The lowest BCUT2D eigenvalue weighted by atomic mass is 9.99. The normalized spacial score (nSPS) is 10.9. The van der Waals surface area contributed by atoms with E-state index in [-0.39, 0.29) is 12.2 Å². The van der Waals surface area contributed by atoms with Crippen LogP contribution in [-0.4, -0.2) is 28.0 Å². The van der Waals surface area contributed by atoms with E-state index in [2.05, 4.69) is 0 Å². The van der Waals surface area contributed by atoms with Crippen molar-refractivity contribution in [3.05, 3.63) is 23.3 Å². The Morgan fingerprint density at radius 2 is 1.28 bits per heavy atom. The average Bonchev–Trinajstić information content (AvgIpc) is 2.58. The van der Waals surface area contributed by atoms with E-state index >= 15 is 0 Å². The third-order valence-corrected chi connectivity index (χ3v) is 4.54. The van der Waals surface area contributed by atoms with Gasteiger partial charge in [-0.3, -0.25) is 4.39 Å². The lowest BCUT2D eigenvalue weighted by molar-refractivity contribution is 0.0691. The van der Waals surface area contributed by atoms with Gasteiger partial charge in [0.1, 0.15) is 5.56 Å². The zero-order valence-corrected chi connectivity index (χ0v) is 15.0. The first kappa shape index (κ1) is 21.3. The van der Waals surface area contributed by atoms with Crippen molar-refractivity contribution in [3.8, 4) is 11.5 Å². The number of carbonyl (C=O) groups is 1. The maximum Gasteiger partial charge on any atom is 0.339 e. The zero-order valence-electron chi connectivity index (χ0n) is 15.0. The van der Waals surface area contributed by atoms with Gasteiger partial charge in [0.15, 0.2) is 11.5 Å². The second-order valence-electron chi connectivity index (χ2n) is 6.60. The summed E-state index contributed by atoms with van der Waals surface area (Å²) in [6, 6.07) is 2.91. The van der Waals surface area contributed by atoms with Gasteiger partial charge in [-0.25, -0.2) is 4.79 Å². The molecule has 0 saturated heterocycles. The topological polar surface area (TPSA) is 77.8 Å². The van der Waals surface area contributed by atoms with Crippen LogP contribution in [0, 0.1) is 0 Å². The average molecular weight is 354 g/mol. The molecule has 0 saturated carbocycles. The lowest BCUT2D eigenvalue weighted by Crippen LogP contribution is -2.03. The van der Waals surface area contributed by atoms with Crippen molar-refractivity contribution in [2.45, 2.75) is 77.0 Å². The number of benzene rings is 1. The molecule has 0 bridgehead atoms. The number of aromatic carboxylic acids is 1. The van der Waals surface area contributed by atoms with Crippen LogP contribution in [0.3, 0.4) is 0 Å². The molecule has 0 aliphatic carbocycles. The Bertz CT molecular complexity index is 517. The molecule has 0 fully saturated rings. The smallest absolute Gasteiger partial charge is 0.339 e. The van der Waals surface area contributed by atoms with Crippen molar-refractivity contribution >= 4 is 5.97 Å². The Balaban J connectivity index is 2.13. The molecule has 142 valence electrons. The van der Waals surface area contributed by atoms with Crippen molar-refractivity contribution in [2.24, 2.45) is 0 Å². The van der Waals surface area contributed by atoms with Crippen LogP contribution in [0.4, 0.5) is 4.39 Å². The second kappa shape index (κ2) is 12.6. The molecule has 0 unspecified atom stereocenters. The highest BCUT2D eigenvalue weighted by Crippen LogP contribution is 2.32. The summed E-state index contributed by atoms with van der Waals surface area (Å²) in [5.74, 6) is -2.16. The van der Waals surface area contributed by atoms with Gasteiger partial charge in [0, 0.05) is 0 Å². The van der Waals surface area contributed by atoms with E-state index in [1.807, 2.05) is 0 Å². The molecule has 0 heterocycles. The minimum absolute atomic E-state index is 0.187. The predicted molar refractivity (Wildman–Crippen MR) is 97.2 cm³/mol. The zero-order chi connectivity index (χ0) is 18.5. The summed E-state index contributed by atoms with van der Waals surface area (Å²) in [5.41, 5.74) is 0.379. The minimum Gasteiger partial charge on any atom is -0.504 e. The van der Waals surface area contributed by atoms with E-state index < -0.39 is 17.5 Å². The molecular formula is C20H31FO4. The molecule has 5 heteroatoms. The van der Waals surface area contributed by atoms with Crippen LogP contribution in [0.2, 0.25) is 0 Å². The van der Waals surface area contributed by atoms with E-state index in [9.17, 15) is 24.5 Å². The minimum atomic E-state index is -1.21. The largest absolute Gasteiger partial charge is 0.504 e. The highest BCUT2D eigenvalue weighted by Gasteiger charge is 2.18. The standard InChI is InChI=1S/C20H31FO4/c21-15-11-9-7-5-3-1-2-4-6-8-10-12-16-13-14-17(22)19(23)18(16)20(24)25/h13-14,22-23H,1-12,15H2,(H,24,25). The number of halogens is 1. The summed E-state index contributed by atoms with van der Waals surface area (Å²) >= 11 is 0. The molecular weight excluding hydrogens is 323 g/mol. The third kappa shape index (κ3) is 8.23. The van der Waals surface area contributed by atoms with Crippen molar-refractivity contribution in [1.82, 2.24) is 0 Å². The number of aryl methyl sites for hydroxylation is 1. The summed E-state index contributed by atoms with van der Waals surface area (Å²) < 4.78 is 11.9. The highest BCUT2D eigenvalue weighted by molar-refractivity contribution is 5.93. The van der Waals surface area contributed by atoms with E-state index in [1.165, 1.54) is 38.2 Å². The molecule has 1 rings (SSSR count). The molecule has 25 heavy (non-hydrogen) atoms. The maximum atomic E-state index is 11.9. The van der Waals surface area contributed by atoms with E-state index in [1.54, 1.807) is 6.07 Å². The molecule has 0 radical (unpaired) electrons. The number of hydrogen-bond donors (Lipinski definition) is 3. The number of rotatable bonds is 14. The van der Waals surface area contributed by atoms with E-state index in [4.69, 9.17) is 0 Å². The number of alkyl halides is 1. The Morgan fingerprint density at radius 3 is 1.76 bits per heavy atom. The monoisotopic (exact) mass is 354 g/mol. The molecule has 1 aromatic rings. The number of phenolic OH excluding ortho intramolecular Hbond substituents is 1. The van der Waals surface area contributed by atoms with Crippen molar-refractivity contribution in [1.29, 1.82) is 0 Å². The highest BCUT2D eigenvalue weighted by atomic mass is 19.1. The number of hydrogen-bond acceptors (Lipinski definition) is 3. The molecule has 0 atom stereocenters. The molecule has 4 nitrogen and oxygen atoms in total. The quantitative estimate of drug-likeness (QED) is 0.300. The van der Waals surface area contributed by atoms with Gasteiger partial charge in [-0.2, -0.15) is 0 Å². The van der Waals surface area contributed by atoms with Gasteiger partial charge in [0.05, 0.1) is 6.67 Å². The number of aromatic hydroxyl groups is 2. The van der Waals surface area contributed by atoms with Gasteiger partial charge < -0.3 is 15.3 Å². The molecule has 0 spiro atoms. The summed E-state index contributed by atoms with van der Waals surface area (Å²) in [5, 5.41) is 28.3. The van der Waals surface area contributed by atoms with Gasteiger partial charge >= 0.3 is 5.97 Å². The number of carboxylic acid groups (broad SMARTS) is 1. The fourth-order valence-corrected chi connectivity index (χ4v) is 3.07. The summed E-state index contributed by atoms with van der Waals surface area (Å²) in [4.78, 5) is 11.2. The van der Waals surface area contributed by atoms with Crippen LogP contribution in [0.25, 0.3) is 0 Å². The van der Waals surface area contributed by atoms with Gasteiger partial charge in [-0.15, -0.1) is 0 Å². The molecule has 3 N–H and O–H groups in total. The molecule has 0 aliphatic rings. The fourth-order valence-electron chi connectivity index (χ4n) is 3.07. The van der Waals surface area contributed by atoms with Crippen LogP contribution in [0.5, 0.6) is 11.5 Å². The lowest BCUT2D eigenvalue weighted by Gasteiger charge is -2.09. The Hall–Kier alpha value is -1.78. The van der Waals surface area contributed by atoms with Gasteiger partial charge in [0.25, 0.3) is 0 Å². The second-order valence-corrected chi connectivity index (χ2v) is 6.60.